The zero-order valence-electron chi connectivity index (χ0n) is 10.8. The third kappa shape index (κ3) is 2.46. The molecule has 98 valence electrons. The zero-order valence-corrected chi connectivity index (χ0v) is 11.6. The second-order valence-corrected chi connectivity index (χ2v) is 5.82. The molecule has 18 heavy (non-hydrogen) atoms. The number of halogens is 1. The van der Waals surface area contributed by atoms with Crippen LogP contribution in [0.5, 0.6) is 0 Å². The molecule has 3 N–H and O–H groups in total. The number of anilines is 2. The molecule has 0 heterocycles. The molecule has 1 fully saturated rings. The van der Waals surface area contributed by atoms with E-state index in [2.05, 4.69) is 5.32 Å². The third-order valence-corrected chi connectivity index (χ3v) is 4.17. The predicted molar refractivity (Wildman–Crippen MR) is 75.8 cm³/mol. The molecule has 0 bridgehead atoms. The first-order chi connectivity index (χ1) is 8.42. The molecule has 2 rings (SSSR count). The molecule has 0 spiro atoms. The lowest BCUT2D eigenvalue weighted by Crippen LogP contribution is -2.31. The Labute approximate surface area is 113 Å². The van der Waals surface area contributed by atoms with Crippen LogP contribution in [0.2, 0.25) is 5.02 Å². The van der Waals surface area contributed by atoms with Crippen molar-refractivity contribution < 1.29 is 4.79 Å². The van der Waals surface area contributed by atoms with E-state index in [1.54, 1.807) is 12.1 Å². The van der Waals surface area contributed by atoms with Crippen LogP contribution in [0, 0.1) is 12.3 Å². The Morgan fingerprint density at radius 2 is 2.00 bits per heavy atom. The van der Waals surface area contributed by atoms with Crippen molar-refractivity contribution in [3.63, 3.8) is 0 Å². The molecule has 1 amide bonds. The Balaban J connectivity index is 2.19. The van der Waals surface area contributed by atoms with Gasteiger partial charge in [0.2, 0.25) is 5.91 Å². The smallest absolute Gasteiger partial charge is 0.230 e. The fourth-order valence-electron chi connectivity index (χ4n) is 2.49. The molecule has 0 saturated heterocycles. The first-order valence-corrected chi connectivity index (χ1v) is 6.67. The lowest BCUT2D eigenvalue weighted by atomic mass is 9.87. The Morgan fingerprint density at radius 3 is 2.61 bits per heavy atom. The van der Waals surface area contributed by atoms with E-state index in [-0.39, 0.29) is 11.3 Å². The topological polar surface area (TPSA) is 55.1 Å². The molecule has 1 aliphatic carbocycles. The highest BCUT2D eigenvalue weighted by Gasteiger charge is 2.36. The second kappa shape index (κ2) is 4.81. The molecule has 0 aromatic heterocycles. The summed E-state index contributed by atoms with van der Waals surface area (Å²) in [5, 5.41) is 3.46. The van der Waals surface area contributed by atoms with Crippen molar-refractivity contribution in [3.05, 3.63) is 22.7 Å². The minimum absolute atomic E-state index is 0.0870. The summed E-state index contributed by atoms with van der Waals surface area (Å²) in [6, 6.07) is 3.51. The third-order valence-electron chi connectivity index (χ3n) is 3.85. The maximum absolute atomic E-state index is 12.3. The van der Waals surface area contributed by atoms with Gasteiger partial charge >= 0.3 is 0 Å². The monoisotopic (exact) mass is 266 g/mol. The summed E-state index contributed by atoms with van der Waals surface area (Å²) < 4.78 is 0. The lowest BCUT2D eigenvalue weighted by Gasteiger charge is -2.23. The van der Waals surface area contributed by atoms with Gasteiger partial charge in [0.15, 0.2) is 0 Å². The van der Waals surface area contributed by atoms with E-state index < -0.39 is 0 Å². The number of benzene rings is 1. The molecule has 0 aliphatic heterocycles. The van der Waals surface area contributed by atoms with Crippen LogP contribution in [-0.2, 0) is 4.79 Å². The molecule has 3 nitrogen and oxygen atoms in total. The standard InChI is InChI=1S/C14H19ClN2O/c1-9-7-11(16)10(15)8-12(9)17-13(18)14(2)5-3-4-6-14/h7-8H,3-6,16H2,1-2H3,(H,17,18). The van der Waals surface area contributed by atoms with Gasteiger partial charge in [-0.3, -0.25) is 4.79 Å². The SMILES string of the molecule is Cc1cc(N)c(Cl)cc1NC(=O)C1(C)CCCC1. The van der Waals surface area contributed by atoms with Crippen molar-refractivity contribution in [1.29, 1.82) is 0 Å². The molecule has 0 atom stereocenters. The molecule has 1 aromatic rings. The van der Waals surface area contributed by atoms with Gasteiger partial charge in [0.1, 0.15) is 0 Å². The lowest BCUT2D eigenvalue weighted by molar-refractivity contribution is -0.124. The quantitative estimate of drug-likeness (QED) is 0.801. The maximum Gasteiger partial charge on any atom is 0.230 e. The minimum Gasteiger partial charge on any atom is -0.398 e. The van der Waals surface area contributed by atoms with Crippen LogP contribution in [0.1, 0.15) is 38.2 Å². The van der Waals surface area contributed by atoms with Crippen molar-refractivity contribution in [1.82, 2.24) is 0 Å². The van der Waals surface area contributed by atoms with Crippen molar-refractivity contribution in [2.75, 3.05) is 11.1 Å². The normalized spacial score (nSPS) is 17.7. The van der Waals surface area contributed by atoms with Gasteiger partial charge in [-0.2, -0.15) is 0 Å². The summed E-state index contributed by atoms with van der Waals surface area (Å²) in [6.07, 6.45) is 4.18. The van der Waals surface area contributed by atoms with Gasteiger partial charge < -0.3 is 11.1 Å². The van der Waals surface area contributed by atoms with Gasteiger partial charge in [-0.25, -0.2) is 0 Å². The molecule has 1 aliphatic rings. The summed E-state index contributed by atoms with van der Waals surface area (Å²) in [6.45, 7) is 3.95. The molecular weight excluding hydrogens is 248 g/mol. The Bertz CT molecular complexity index is 479. The van der Waals surface area contributed by atoms with Crippen LogP contribution in [0.3, 0.4) is 0 Å². The summed E-state index contributed by atoms with van der Waals surface area (Å²) in [7, 11) is 0. The summed E-state index contributed by atoms with van der Waals surface area (Å²) in [5.41, 5.74) is 7.72. The first-order valence-electron chi connectivity index (χ1n) is 6.29. The average Bonchev–Trinajstić information content (AvgIpc) is 2.74. The van der Waals surface area contributed by atoms with Gasteiger partial charge in [-0.15, -0.1) is 0 Å². The number of carbonyl (C=O) groups excluding carboxylic acids is 1. The molecule has 0 radical (unpaired) electrons. The Hall–Kier alpha value is -1.22. The van der Waals surface area contributed by atoms with Gasteiger partial charge in [0, 0.05) is 11.1 Å². The Morgan fingerprint density at radius 1 is 1.39 bits per heavy atom. The highest BCUT2D eigenvalue weighted by atomic mass is 35.5. The van der Waals surface area contributed by atoms with Crippen LogP contribution in [0.15, 0.2) is 12.1 Å². The van der Waals surface area contributed by atoms with E-state index in [9.17, 15) is 4.79 Å². The fourth-order valence-corrected chi connectivity index (χ4v) is 2.66. The van der Waals surface area contributed by atoms with Crippen molar-refractivity contribution in [2.24, 2.45) is 5.41 Å². The van der Waals surface area contributed by atoms with E-state index in [0.29, 0.717) is 10.7 Å². The van der Waals surface area contributed by atoms with E-state index in [1.165, 1.54) is 0 Å². The average molecular weight is 267 g/mol. The van der Waals surface area contributed by atoms with Crippen LogP contribution < -0.4 is 11.1 Å². The number of aryl methyl sites for hydroxylation is 1. The van der Waals surface area contributed by atoms with Crippen molar-refractivity contribution in [3.8, 4) is 0 Å². The number of nitrogens with one attached hydrogen (secondary N) is 1. The number of hydrogen-bond acceptors (Lipinski definition) is 2. The van der Waals surface area contributed by atoms with Crippen LogP contribution in [0.4, 0.5) is 11.4 Å². The van der Waals surface area contributed by atoms with E-state index in [4.69, 9.17) is 17.3 Å². The molecule has 0 unspecified atom stereocenters. The van der Waals surface area contributed by atoms with E-state index in [1.807, 2.05) is 13.8 Å². The minimum atomic E-state index is -0.236. The van der Waals surface area contributed by atoms with Crippen LogP contribution in [0.25, 0.3) is 0 Å². The predicted octanol–water partition coefficient (Wildman–Crippen LogP) is 3.75. The van der Waals surface area contributed by atoms with E-state index >= 15 is 0 Å². The number of hydrogen-bond donors (Lipinski definition) is 2. The molecular formula is C14H19ClN2O. The maximum atomic E-state index is 12.3. The number of nitrogens with two attached hydrogens (primary N) is 1. The fraction of sp³-hybridized carbons (Fsp3) is 0.500. The Kier molecular flexibility index (Phi) is 3.53. The molecule has 1 saturated carbocycles. The van der Waals surface area contributed by atoms with Crippen molar-refractivity contribution >= 4 is 28.9 Å². The largest absolute Gasteiger partial charge is 0.398 e. The number of nitrogen functional groups attached to an aromatic ring is 1. The number of amides is 1. The van der Waals surface area contributed by atoms with Gasteiger partial charge in [-0.1, -0.05) is 31.4 Å². The summed E-state index contributed by atoms with van der Waals surface area (Å²) in [4.78, 5) is 12.3. The van der Waals surface area contributed by atoms with Crippen LogP contribution in [-0.4, -0.2) is 5.91 Å². The van der Waals surface area contributed by atoms with E-state index in [0.717, 1.165) is 36.9 Å². The number of rotatable bonds is 2. The summed E-state index contributed by atoms with van der Waals surface area (Å²) >= 11 is 5.99. The van der Waals surface area contributed by atoms with Crippen LogP contribution >= 0.6 is 11.6 Å². The van der Waals surface area contributed by atoms with Crippen molar-refractivity contribution in [2.45, 2.75) is 39.5 Å². The van der Waals surface area contributed by atoms with Gasteiger partial charge in [-0.05, 0) is 37.5 Å². The molecule has 1 aromatic carbocycles. The molecule has 4 heteroatoms. The van der Waals surface area contributed by atoms with Gasteiger partial charge in [0.25, 0.3) is 0 Å². The zero-order chi connectivity index (χ0) is 13.3. The van der Waals surface area contributed by atoms with Gasteiger partial charge in [0.05, 0.1) is 10.7 Å². The second-order valence-electron chi connectivity index (χ2n) is 5.41. The first kappa shape index (κ1) is 13.2. The summed E-state index contributed by atoms with van der Waals surface area (Å²) in [5.74, 6) is 0.0870. The highest BCUT2D eigenvalue weighted by molar-refractivity contribution is 6.33. The number of carbonyl (C=O) groups is 1. The highest BCUT2D eigenvalue weighted by Crippen LogP contribution is 2.39.